The predicted octanol–water partition coefficient (Wildman–Crippen LogP) is 4.29. The number of anilines is 2. The molecule has 1 unspecified atom stereocenters. The van der Waals surface area contributed by atoms with Crippen molar-refractivity contribution in [1.29, 1.82) is 0 Å². The summed E-state index contributed by atoms with van der Waals surface area (Å²) in [7, 11) is 1.62. The highest BCUT2D eigenvalue weighted by atomic mass is 79.9. The van der Waals surface area contributed by atoms with E-state index in [0.29, 0.717) is 6.42 Å². The Balaban J connectivity index is 2.03. The van der Waals surface area contributed by atoms with E-state index >= 15 is 0 Å². The zero-order valence-electron chi connectivity index (χ0n) is 12.6. The lowest BCUT2D eigenvalue weighted by molar-refractivity contribution is -0.116. The number of methoxy groups -OCH3 is 1. The molecule has 0 spiro atoms. The molecular weight excluding hydrogens is 344 g/mol. The van der Waals surface area contributed by atoms with Crippen molar-refractivity contribution in [2.45, 2.75) is 19.4 Å². The lowest BCUT2D eigenvalue weighted by atomic mass is 10.2. The molecule has 0 aliphatic carbocycles. The van der Waals surface area contributed by atoms with Crippen LogP contribution in [0.25, 0.3) is 0 Å². The largest absolute Gasteiger partial charge is 0.497 e. The topological polar surface area (TPSA) is 50.4 Å². The first-order chi connectivity index (χ1) is 10.6. The summed E-state index contributed by atoms with van der Waals surface area (Å²) >= 11 is 3.38. The second kappa shape index (κ2) is 7.84. The van der Waals surface area contributed by atoms with Crippen molar-refractivity contribution in [2.24, 2.45) is 0 Å². The highest BCUT2D eigenvalue weighted by molar-refractivity contribution is 9.10. The van der Waals surface area contributed by atoms with Crippen molar-refractivity contribution < 1.29 is 9.53 Å². The third-order valence-electron chi connectivity index (χ3n) is 3.25. The molecule has 0 heterocycles. The molecule has 0 bridgehead atoms. The van der Waals surface area contributed by atoms with Crippen LogP contribution >= 0.6 is 15.9 Å². The monoisotopic (exact) mass is 362 g/mol. The fourth-order valence-corrected chi connectivity index (χ4v) is 2.29. The molecule has 2 N–H and O–H groups in total. The Labute approximate surface area is 139 Å². The quantitative estimate of drug-likeness (QED) is 0.805. The van der Waals surface area contributed by atoms with Gasteiger partial charge in [-0.2, -0.15) is 0 Å². The van der Waals surface area contributed by atoms with E-state index in [9.17, 15) is 4.79 Å². The summed E-state index contributed by atoms with van der Waals surface area (Å²) in [4.78, 5) is 12.4. The molecule has 0 saturated heterocycles. The molecule has 0 radical (unpaired) electrons. The molecule has 2 aromatic rings. The molecule has 1 atom stereocenters. The van der Waals surface area contributed by atoms with Crippen LogP contribution in [0, 0.1) is 0 Å². The molecule has 1 amide bonds. The minimum atomic E-state index is -0.309. The van der Waals surface area contributed by atoms with Crippen molar-refractivity contribution >= 4 is 33.2 Å². The molecule has 2 aromatic carbocycles. The van der Waals surface area contributed by atoms with Gasteiger partial charge in [-0.1, -0.05) is 28.9 Å². The van der Waals surface area contributed by atoms with Crippen LogP contribution in [0.2, 0.25) is 0 Å². The van der Waals surface area contributed by atoms with Crippen molar-refractivity contribution in [2.75, 3.05) is 17.7 Å². The van der Waals surface area contributed by atoms with Gasteiger partial charge in [0.05, 0.1) is 7.11 Å². The number of halogens is 1. The van der Waals surface area contributed by atoms with Crippen molar-refractivity contribution in [3.63, 3.8) is 0 Å². The average Bonchev–Trinajstić information content (AvgIpc) is 2.54. The summed E-state index contributed by atoms with van der Waals surface area (Å²) in [5.74, 6) is 0.695. The molecule has 22 heavy (non-hydrogen) atoms. The Morgan fingerprint density at radius 1 is 1.18 bits per heavy atom. The second-order valence-corrected chi connectivity index (χ2v) is 5.75. The summed E-state index contributed by atoms with van der Waals surface area (Å²) in [6, 6.07) is 14.7. The van der Waals surface area contributed by atoms with Crippen LogP contribution in [0.3, 0.4) is 0 Å². The van der Waals surface area contributed by atoms with E-state index in [1.807, 2.05) is 55.5 Å². The Hall–Kier alpha value is -2.01. The Morgan fingerprint density at radius 3 is 2.55 bits per heavy atom. The summed E-state index contributed by atoms with van der Waals surface area (Å²) < 4.78 is 6.17. The van der Waals surface area contributed by atoms with Gasteiger partial charge in [0.1, 0.15) is 11.8 Å². The number of ether oxygens (including phenoxy) is 1. The van der Waals surface area contributed by atoms with Gasteiger partial charge >= 0.3 is 0 Å². The molecule has 0 fully saturated rings. The van der Waals surface area contributed by atoms with E-state index in [4.69, 9.17) is 4.74 Å². The molecule has 2 rings (SSSR count). The SMILES string of the molecule is CCC(Nc1cccc(OC)c1)C(=O)Nc1ccc(Br)cc1. The summed E-state index contributed by atoms with van der Waals surface area (Å²) in [6.07, 6.45) is 0.680. The third-order valence-corrected chi connectivity index (χ3v) is 3.78. The number of nitrogens with one attached hydrogen (secondary N) is 2. The van der Waals surface area contributed by atoms with Crippen LogP contribution in [0.15, 0.2) is 53.0 Å². The maximum absolute atomic E-state index is 12.4. The molecule has 0 saturated carbocycles. The van der Waals surface area contributed by atoms with E-state index in [-0.39, 0.29) is 11.9 Å². The number of carbonyl (C=O) groups is 1. The van der Waals surface area contributed by atoms with Crippen LogP contribution in [0.1, 0.15) is 13.3 Å². The molecule has 4 nitrogen and oxygen atoms in total. The zero-order chi connectivity index (χ0) is 15.9. The minimum Gasteiger partial charge on any atom is -0.497 e. The Kier molecular flexibility index (Phi) is 5.83. The van der Waals surface area contributed by atoms with Crippen molar-refractivity contribution in [3.05, 3.63) is 53.0 Å². The Bertz CT molecular complexity index is 629. The van der Waals surface area contributed by atoms with Gasteiger partial charge in [-0.25, -0.2) is 0 Å². The Morgan fingerprint density at radius 2 is 1.91 bits per heavy atom. The maximum Gasteiger partial charge on any atom is 0.246 e. The second-order valence-electron chi connectivity index (χ2n) is 4.83. The lowest BCUT2D eigenvalue weighted by Crippen LogP contribution is -2.34. The first-order valence-corrected chi connectivity index (χ1v) is 7.88. The van der Waals surface area contributed by atoms with Crippen LogP contribution in [0.5, 0.6) is 5.75 Å². The molecule has 0 aromatic heterocycles. The first kappa shape index (κ1) is 16.4. The number of benzene rings is 2. The van der Waals surface area contributed by atoms with Gasteiger partial charge in [-0.3, -0.25) is 4.79 Å². The van der Waals surface area contributed by atoms with Gasteiger partial charge < -0.3 is 15.4 Å². The van der Waals surface area contributed by atoms with Gasteiger partial charge in [0.25, 0.3) is 0 Å². The fraction of sp³-hybridized carbons (Fsp3) is 0.235. The number of carbonyl (C=O) groups excluding carboxylic acids is 1. The highest BCUT2D eigenvalue weighted by Gasteiger charge is 2.16. The standard InChI is InChI=1S/C17H19BrN2O2/c1-3-16(19-14-5-4-6-15(11-14)22-2)17(21)20-13-9-7-12(18)8-10-13/h4-11,16,19H,3H2,1-2H3,(H,20,21). The normalized spacial score (nSPS) is 11.6. The van der Waals surface area contributed by atoms with E-state index in [2.05, 4.69) is 26.6 Å². The molecular formula is C17H19BrN2O2. The highest BCUT2D eigenvalue weighted by Crippen LogP contribution is 2.19. The van der Waals surface area contributed by atoms with Crippen LogP contribution in [0.4, 0.5) is 11.4 Å². The smallest absolute Gasteiger partial charge is 0.246 e. The van der Waals surface area contributed by atoms with Gasteiger partial charge in [0.15, 0.2) is 0 Å². The molecule has 0 aliphatic heterocycles. The lowest BCUT2D eigenvalue weighted by Gasteiger charge is -2.18. The van der Waals surface area contributed by atoms with Crippen molar-refractivity contribution in [3.8, 4) is 5.75 Å². The van der Waals surface area contributed by atoms with Gasteiger partial charge in [-0.15, -0.1) is 0 Å². The van der Waals surface area contributed by atoms with E-state index in [1.165, 1.54) is 0 Å². The predicted molar refractivity (Wildman–Crippen MR) is 93.5 cm³/mol. The number of hydrogen-bond acceptors (Lipinski definition) is 3. The van der Waals surface area contributed by atoms with E-state index in [0.717, 1.165) is 21.6 Å². The molecule has 5 heteroatoms. The molecule has 0 aliphatic rings. The summed E-state index contributed by atoms with van der Waals surface area (Å²) in [5.41, 5.74) is 1.64. The summed E-state index contributed by atoms with van der Waals surface area (Å²) in [6.45, 7) is 1.97. The van der Waals surface area contributed by atoms with Gasteiger partial charge in [0, 0.05) is 21.9 Å². The van der Waals surface area contributed by atoms with E-state index in [1.54, 1.807) is 7.11 Å². The van der Waals surface area contributed by atoms with Crippen LogP contribution in [-0.2, 0) is 4.79 Å². The number of rotatable bonds is 6. The fourth-order valence-electron chi connectivity index (χ4n) is 2.03. The van der Waals surface area contributed by atoms with Crippen molar-refractivity contribution in [1.82, 2.24) is 0 Å². The minimum absolute atomic E-state index is 0.0624. The number of amides is 1. The van der Waals surface area contributed by atoms with E-state index < -0.39 is 0 Å². The maximum atomic E-state index is 12.4. The van der Waals surface area contributed by atoms with Crippen LogP contribution in [-0.4, -0.2) is 19.1 Å². The average molecular weight is 363 g/mol. The third kappa shape index (κ3) is 4.49. The number of hydrogen-bond donors (Lipinski definition) is 2. The first-order valence-electron chi connectivity index (χ1n) is 7.09. The van der Waals surface area contributed by atoms with Crippen LogP contribution < -0.4 is 15.4 Å². The van der Waals surface area contributed by atoms with Gasteiger partial charge in [0.2, 0.25) is 5.91 Å². The van der Waals surface area contributed by atoms with Gasteiger partial charge in [-0.05, 0) is 42.8 Å². The molecule has 116 valence electrons. The zero-order valence-corrected chi connectivity index (χ0v) is 14.2. The summed E-state index contributed by atoms with van der Waals surface area (Å²) in [5, 5.41) is 6.15.